The minimum absolute atomic E-state index is 0.0454. The second-order valence-corrected chi connectivity index (χ2v) is 6.07. The first-order valence-corrected chi connectivity index (χ1v) is 8.31. The Morgan fingerprint density at radius 3 is 2.96 bits per heavy atom. The number of aryl methyl sites for hydroxylation is 1. The highest BCUT2D eigenvalue weighted by Crippen LogP contribution is 2.29. The summed E-state index contributed by atoms with van der Waals surface area (Å²) < 4.78 is 5.19. The van der Waals surface area contributed by atoms with Crippen molar-refractivity contribution in [3.8, 4) is 11.5 Å². The predicted molar refractivity (Wildman–Crippen MR) is 94.0 cm³/mol. The number of hydrogen-bond donors (Lipinski definition) is 2. The molecule has 6 nitrogen and oxygen atoms in total. The van der Waals surface area contributed by atoms with E-state index in [1.807, 2.05) is 36.4 Å². The Kier molecular flexibility index (Phi) is 4.16. The fourth-order valence-corrected chi connectivity index (χ4v) is 3.26. The molecule has 2 aromatic carbocycles. The topological polar surface area (TPSA) is 80.1 Å². The van der Waals surface area contributed by atoms with E-state index in [-0.39, 0.29) is 12.1 Å². The number of urea groups is 1. The highest BCUT2D eigenvalue weighted by atomic mass is 16.4. The zero-order valence-corrected chi connectivity index (χ0v) is 13.6. The van der Waals surface area contributed by atoms with Crippen LogP contribution in [0.5, 0.6) is 0 Å². The van der Waals surface area contributed by atoms with E-state index < -0.39 is 0 Å². The molecule has 2 amide bonds. The minimum atomic E-state index is -0.218. The molecule has 1 atom stereocenters. The molecule has 2 N–H and O–H groups in total. The molecule has 25 heavy (non-hydrogen) atoms. The fourth-order valence-electron chi connectivity index (χ4n) is 3.26. The van der Waals surface area contributed by atoms with Gasteiger partial charge < -0.3 is 15.1 Å². The third-order valence-corrected chi connectivity index (χ3v) is 4.40. The summed E-state index contributed by atoms with van der Waals surface area (Å²) in [4.78, 5) is 12.4. The highest BCUT2D eigenvalue weighted by Gasteiger charge is 2.21. The standard InChI is InChI=1S/C19H18N4O2/c24-19(22-17-10-4-6-13-5-1-2-9-16(13)17)21-15-8-3-7-14(11-15)18-23-20-12-25-18/h1-3,5,7-9,11-12,17H,4,6,10H2,(H2,21,22,24)/t17-/m1/s1. The Morgan fingerprint density at radius 1 is 1.16 bits per heavy atom. The van der Waals surface area contributed by atoms with Crippen molar-refractivity contribution in [3.63, 3.8) is 0 Å². The molecule has 6 heteroatoms. The van der Waals surface area contributed by atoms with Crippen molar-refractivity contribution in [2.24, 2.45) is 0 Å². The third kappa shape index (κ3) is 3.38. The van der Waals surface area contributed by atoms with Gasteiger partial charge in [-0.2, -0.15) is 0 Å². The van der Waals surface area contributed by atoms with Crippen LogP contribution in [0, 0.1) is 0 Å². The van der Waals surface area contributed by atoms with E-state index in [0.717, 1.165) is 24.8 Å². The molecule has 4 rings (SSSR count). The molecule has 0 aliphatic heterocycles. The monoisotopic (exact) mass is 334 g/mol. The summed E-state index contributed by atoms with van der Waals surface area (Å²) in [6.45, 7) is 0. The van der Waals surface area contributed by atoms with Crippen LogP contribution in [0.3, 0.4) is 0 Å². The second kappa shape index (κ2) is 6.76. The number of nitrogens with zero attached hydrogens (tertiary/aromatic N) is 2. The van der Waals surface area contributed by atoms with E-state index in [9.17, 15) is 4.79 Å². The van der Waals surface area contributed by atoms with Crippen LogP contribution in [-0.2, 0) is 6.42 Å². The number of nitrogens with one attached hydrogen (secondary N) is 2. The number of fused-ring (bicyclic) bond motifs is 1. The normalized spacial score (nSPS) is 16.1. The van der Waals surface area contributed by atoms with E-state index >= 15 is 0 Å². The van der Waals surface area contributed by atoms with Crippen LogP contribution in [-0.4, -0.2) is 16.2 Å². The largest absolute Gasteiger partial charge is 0.423 e. The van der Waals surface area contributed by atoms with Gasteiger partial charge in [0, 0.05) is 11.3 Å². The molecule has 126 valence electrons. The average molecular weight is 334 g/mol. The zero-order valence-electron chi connectivity index (χ0n) is 13.6. The molecule has 1 aliphatic rings. The molecular formula is C19H18N4O2. The number of carbonyl (C=O) groups is 1. The van der Waals surface area contributed by atoms with E-state index in [2.05, 4.69) is 33.0 Å². The van der Waals surface area contributed by atoms with Crippen molar-refractivity contribution in [1.82, 2.24) is 15.5 Å². The van der Waals surface area contributed by atoms with Crippen LogP contribution in [0.2, 0.25) is 0 Å². The van der Waals surface area contributed by atoms with Gasteiger partial charge >= 0.3 is 6.03 Å². The van der Waals surface area contributed by atoms with Gasteiger partial charge in [-0.1, -0.05) is 30.3 Å². The molecule has 0 fully saturated rings. The van der Waals surface area contributed by atoms with Crippen molar-refractivity contribution in [2.75, 3.05) is 5.32 Å². The summed E-state index contributed by atoms with van der Waals surface area (Å²) in [6.07, 6.45) is 4.38. The van der Waals surface area contributed by atoms with Gasteiger partial charge in [-0.3, -0.25) is 0 Å². The summed E-state index contributed by atoms with van der Waals surface area (Å²) in [5, 5.41) is 13.5. The van der Waals surface area contributed by atoms with E-state index in [0.29, 0.717) is 11.6 Å². The lowest BCUT2D eigenvalue weighted by atomic mass is 9.88. The van der Waals surface area contributed by atoms with Crippen molar-refractivity contribution >= 4 is 11.7 Å². The molecule has 0 radical (unpaired) electrons. The number of aromatic nitrogens is 2. The molecule has 1 aromatic heterocycles. The first-order chi connectivity index (χ1) is 12.3. The second-order valence-electron chi connectivity index (χ2n) is 6.07. The lowest BCUT2D eigenvalue weighted by Gasteiger charge is -2.26. The predicted octanol–water partition coefficient (Wildman–Crippen LogP) is 3.94. The number of amides is 2. The van der Waals surface area contributed by atoms with Crippen molar-refractivity contribution in [1.29, 1.82) is 0 Å². The lowest BCUT2D eigenvalue weighted by Crippen LogP contribution is -2.34. The van der Waals surface area contributed by atoms with Gasteiger partial charge in [0.15, 0.2) is 0 Å². The van der Waals surface area contributed by atoms with Gasteiger partial charge in [0.2, 0.25) is 12.3 Å². The minimum Gasteiger partial charge on any atom is -0.423 e. The van der Waals surface area contributed by atoms with E-state index in [4.69, 9.17) is 4.42 Å². The third-order valence-electron chi connectivity index (χ3n) is 4.40. The lowest BCUT2D eigenvalue weighted by molar-refractivity contribution is 0.247. The molecule has 3 aromatic rings. The molecule has 0 saturated carbocycles. The Morgan fingerprint density at radius 2 is 2.08 bits per heavy atom. The Hall–Kier alpha value is -3.15. The van der Waals surface area contributed by atoms with Crippen LogP contribution in [0.1, 0.15) is 30.0 Å². The van der Waals surface area contributed by atoms with Gasteiger partial charge in [-0.05, 0) is 48.6 Å². The first-order valence-electron chi connectivity index (χ1n) is 8.31. The van der Waals surface area contributed by atoms with Crippen molar-refractivity contribution < 1.29 is 9.21 Å². The zero-order chi connectivity index (χ0) is 17.1. The molecule has 1 aliphatic carbocycles. The Labute approximate surface area is 145 Å². The van der Waals surface area contributed by atoms with E-state index in [1.165, 1.54) is 17.5 Å². The summed E-state index contributed by atoms with van der Waals surface area (Å²) in [5.74, 6) is 0.422. The number of benzene rings is 2. The number of hydrogen-bond acceptors (Lipinski definition) is 4. The van der Waals surface area contributed by atoms with E-state index in [1.54, 1.807) is 0 Å². The molecule has 0 saturated heterocycles. The summed E-state index contributed by atoms with van der Waals surface area (Å²) in [5.41, 5.74) is 3.97. The number of anilines is 1. The first kappa shape index (κ1) is 15.4. The molecule has 0 spiro atoms. The van der Waals surface area contributed by atoms with Gasteiger partial charge in [0.05, 0.1) is 6.04 Å². The summed E-state index contributed by atoms with van der Waals surface area (Å²) >= 11 is 0. The van der Waals surface area contributed by atoms with Gasteiger partial charge in [0.1, 0.15) is 0 Å². The van der Waals surface area contributed by atoms with Gasteiger partial charge in [-0.15, -0.1) is 10.2 Å². The fraction of sp³-hybridized carbons (Fsp3) is 0.211. The number of carbonyl (C=O) groups excluding carboxylic acids is 1. The van der Waals surface area contributed by atoms with Crippen LogP contribution < -0.4 is 10.6 Å². The SMILES string of the molecule is O=C(Nc1cccc(-c2nnco2)c1)N[C@@H]1CCCc2ccccc21. The maximum absolute atomic E-state index is 12.4. The summed E-state index contributed by atoms with van der Waals surface area (Å²) in [6, 6.07) is 15.4. The molecule has 0 unspecified atom stereocenters. The quantitative estimate of drug-likeness (QED) is 0.760. The smallest absolute Gasteiger partial charge is 0.319 e. The maximum Gasteiger partial charge on any atom is 0.319 e. The molecular weight excluding hydrogens is 316 g/mol. The van der Waals surface area contributed by atoms with Crippen LogP contribution in [0.25, 0.3) is 11.5 Å². The summed E-state index contributed by atoms with van der Waals surface area (Å²) in [7, 11) is 0. The Balaban J connectivity index is 1.46. The van der Waals surface area contributed by atoms with Crippen molar-refractivity contribution in [3.05, 3.63) is 66.1 Å². The molecule has 1 heterocycles. The van der Waals surface area contributed by atoms with Gasteiger partial charge in [0.25, 0.3) is 0 Å². The van der Waals surface area contributed by atoms with Crippen LogP contribution in [0.15, 0.2) is 59.3 Å². The molecule has 0 bridgehead atoms. The number of rotatable bonds is 3. The van der Waals surface area contributed by atoms with Crippen molar-refractivity contribution in [2.45, 2.75) is 25.3 Å². The highest BCUT2D eigenvalue weighted by molar-refractivity contribution is 5.90. The van der Waals surface area contributed by atoms with Gasteiger partial charge in [-0.25, -0.2) is 4.79 Å². The van der Waals surface area contributed by atoms with Crippen LogP contribution in [0.4, 0.5) is 10.5 Å². The Bertz CT molecular complexity index is 877. The average Bonchev–Trinajstić information content (AvgIpc) is 3.17. The van der Waals surface area contributed by atoms with Crippen LogP contribution >= 0.6 is 0 Å². The maximum atomic E-state index is 12.4.